The number of rotatable bonds is 2. The molecule has 1 saturated heterocycles. The fourth-order valence-corrected chi connectivity index (χ4v) is 2.79. The Labute approximate surface area is 115 Å². The van der Waals surface area contributed by atoms with Crippen LogP contribution in [0.1, 0.15) is 11.1 Å². The lowest BCUT2D eigenvalue weighted by Gasteiger charge is -2.42. The summed E-state index contributed by atoms with van der Waals surface area (Å²) in [5, 5.41) is 0. The Morgan fingerprint density at radius 2 is 1.72 bits per heavy atom. The van der Waals surface area contributed by atoms with E-state index in [1.54, 1.807) is 0 Å². The first kappa shape index (κ1) is 11.8. The fourth-order valence-electron chi connectivity index (χ4n) is 2.39. The van der Waals surface area contributed by atoms with E-state index >= 15 is 0 Å². The van der Waals surface area contributed by atoms with Crippen LogP contribution in [0.5, 0.6) is 0 Å². The number of nitrogens with two attached hydrogens (primary N) is 1. The molecule has 0 aromatic heterocycles. The van der Waals surface area contributed by atoms with Gasteiger partial charge in [-0.05, 0) is 35.4 Å². The molecule has 0 radical (unpaired) electrons. The molecule has 92 valence electrons. The van der Waals surface area contributed by atoms with Crippen LogP contribution < -0.4 is 5.73 Å². The highest BCUT2D eigenvalue weighted by atomic mass is 79.9. The summed E-state index contributed by atoms with van der Waals surface area (Å²) in [4.78, 5) is 0. The lowest BCUT2D eigenvalue weighted by atomic mass is 9.73. The van der Waals surface area contributed by atoms with Crippen molar-refractivity contribution in [3.63, 3.8) is 0 Å². The molecule has 0 atom stereocenters. The van der Waals surface area contributed by atoms with Crippen LogP contribution in [-0.4, -0.2) is 13.2 Å². The van der Waals surface area contributed by atoms with Gasteiger partial charge in [0.05, 0.1) is 18.6 Å². The van der Waals surface area contributed by atoms with Crippen LogP contribution in [-0.2, 0) is 10.2 Å². The first-order valence-corrected chi connectivity index (χ1v) is 6.70. The van der Waals surface area contributed by atoms with E-state index in [0.29, 0.717) is 0 Å². The van der Waals surface area contributed by atoms with Crippen molar-refractivity contribution in [3.05, 3.63) is 64.1 Å². The highest BCUT2D eigenvalue weighted by Gasteiger charge is 2.41. The molecule has 1 fully saturated rings. The minimum Gasteiger partial charge on any atom is -0.399 e. The molecule has 3 rings (SSSR count). The predicted octanol–water partition coefficient (Wildman–Crippen LogP) is 3.35. The second-order valence-electron chi connectivity index (χ2n) is 4.71. The lowest BCUT2D eigenvalue weighted by molar-refractivity contribution is -0.0380. The van der Waals surface area contributed by atoms with Crippen molar-refractivity contribution in [2.75, 3.05) is 18.9 Å². The maximum atomic E-state index is 5.75. The summed E-state index contributed by atoms with van der Waals surface area (Å²) < 4.78 is 6.57. The number of anilines is 1. The minimum atomic E-state index is -0.0164. The topological polar surface area (TPSA) is 35.2 Å². The van der Waals surface area contributed by atoms with Gasteiger partial charge in [0.15, 0.2) is 0 Å². The molecule has 0 unspecified atom stereocenters. The molecule has 0 spiro atoms. The summed E-state index contributed by atoms with van der Waals surface area (Å²) in [5.74, 6) is 0. The minimum absolute atomic E-state index is 0.0164. The van der Waals surface area contributed by atoms with Crippen molar-refractivity contribution >= 4 is 21.6 Å². The Bertz CT molecular complexity index is 561. The van der Waals surface area contributed by atoms with Gasteiger partial charge in [-0.2, -0.15) is 0 Å². The molecule has 3 heteroatoms. The molecule has 0 saturated carbocycles. The molecule has 1 aliphatic heterocycles. The maximum absolute atomic E-state index is 5.75. The van der Waals surface area contributed by atoms with E-state index in [9.17, 15) is 0 Å². The number of hydrogen-bond acceptors (Lipinski definition) is 2. The van der Waals surface area contributed by atoms with E-state index in [0.717, 1.165) is 23.4 Å². The molecular weight excluding hydrogens is 290 g/mol. The predicted molar refractivity (Wildman–Crippen MR) is 76.6 cm³/mol. The van der Waals surface area contributed by atoms with E-state index in [1.807, 2.05) is 18.2 Å². The number of hydrogen-bond donors (Lipinski definition) is 1. The van der Waals surface area contributed by atoms with Gasteiger partial charge >= 0.3 is 0 Å². The van der Waals surface area contributed by atoms with Crippen molar-refractivity contribution < 1.29 is 4.74 Å². The molecule has 2 nitrogen and oxygen atoms in total. The van der Waals surface area contributed by atoms with Crippen molar-refractivity contribution in [2.45, 2.75) is 5.41 Å². The van der Waals surface area contributed by atoms with Gasteiger partial charge in [-0.25, -0.2) is 0 Å². The van der Waals surface area contributed by atoms with Crippen molar-refractivity contribution in [2.24, 2.45) is 0 Å². The zero-order valence-corrected chi connectivity index (χ0v) is 11.5. The van der Waals surface area contributed by atoms with Gasteiger partial charge in [-0.3, -0.25) is 0 Å². The third kappa shape index (κ3) is 1.84. The molecule has 1 heterocycles. The molecule has 2 aromatic carbocycles. The number of nitrogen functional groups attached to an aromatic ring is 1. The summed E-state index contributed by atoms with van der Waals surface area (Å²) in [5.41, 5.74) is 9.08. The molecule has 0 bridgehead atoms. The average molecular weight is 304 g/mol. The van der Waals surface area contributed by atoms with E-state index in [2.05, 4.69) is 46.3 Å². The Kier molecular flexibility index (Phi) is 2.88. The third-order valence-electron chi connectivity index (χ3n) is 3.54. The number of benzene rings is 2. The van der Waals surface area contributed by atoms with E-state index in [1.165, 1.54) is 11.1 Å². The normalized spacial score (nSPS) is 17.2. The van der Waals surface area contributed by atoms with E-state index < -0.39 is 0 Å². The van der Waals surface area contributed by atoms with E-state index in [-0.39, 0.29) is 5.41 Å². The fraction of sp³-hybridized carbons (Fsp3) is 0.200. The highest BCUT2D eigenvalue weighted by Crippen LogP contribution is 2.40. The van der Waals surface area contributed by atoms with Gasteiger partial charge in [0, 0.05) is 10.2 Å². The molecule has 2 aromatic rings. The van der Waals surface area contributed by atoms with Gasteiger partial charge in [0.2, 0.25) is 0 Å². The van der Waals surface area contributed by atoms with Crippen LogP contribution in [0.15, 0.2) is 53.0 Å². The SMILES string of the molecule is Nc1ccc(C2(c3cccc(Br)c3)COC2)cc1. The largest absolute Gasteiger partial charge is 0.399 e. The Morgan fingerprint density at radius 3 is 2.28 bits per heavy atom. The zero-order valence-electron chi connectivity index (χ0n) is 9.90. The summed E-state index contributed by atoms with van der Waals surface area (Å²) in [6.45, 7) is 1.46. The van der Waals surface area contributed by atoms with Gasteiger partial charge in [0.25, 0.3) is 0 Å². The number of halogens is 1. The first-order valence-electron chi connectivity index (χ1n) is 5.90. The Hall–Kier alpha value is -1.32. The molecular formula is C15H14BrNO. The van der Waals surface area contributed by atoms with Gasteiger partial charge in [-0.1, -0.05) is 40.2 Å². The van der Waals surface area contributed by atoms with Crippen LogP contribution in [0.4, 0.5) is 5.69 Å². The van der Waals surface area contributed by atoms with Crippen molar-refractivity contribution in [3.8, 4) is 0 Å². The summed E-state index contributed by atoms with van der Waals surface area (Å²) in [7, 11) is 0. The lowest BCUT2D eigenvalue weighted by Crippen LogP contribution is -2.47. The van der Waals surface area contributed by atoms with Crippen LogP contribution >= 0.6 is 15.9 Å². The maximum Gasteiger partial charge on any atom is 0.0670 e. The quantitative estimate of drug-likeness (QED) is 0.864. The molecule has 2 N–H and O–H groups in total. The second-order valence-corrected chi connectivity index (χ2v) is 5.62. The summed E-state index contributed by atoms with van der Waals surface area (Å²) >= 11 is 3.53. The molecule has 1 aliphatic rings. The zero-order chi connectivity index (χ0) is 12.6. The van der Waals surface area contributed by atoms with E-state index in [4.69, 9.17) is 10.5 Å². The molecule has 0 aliphatic carbocycles. The third-order valence-corrected chi connectivity index (χ3v) is 4.03. The van der Waals surface area contributed by atoms with Crippen LogP contribution in [0, 0.1) is 0 Å². The van der Waals surface area contributed by atoms with Gasteiger partial charge < -0.3 is 10.5 Å². The average Bonchev–Trinajstić information content (AvgIpc) is 2.30. The van der Waals surface area contributed by atoms with Crippen LogP contribution in [0.3, 0.4) is 0 Å². The smallest absolute Gasteiger partial charge is 0.0670 e. The summed E-state index contributed by atoms with van der Waals surface area (Å²) in [6, 6.07) is 16.5. The highest BCUT2D eigenvalue weighted by molar-refractivity contribution is 9.10. The number of ether oxygens (including phenoxy) is 1. The first-order chi connectivity index (χ1) is 8.71. The van der Waals surface area contributed by atoms with Crippen molar-refractivity contribution in [1.29, 1.82) is 0 Å². The summed E-state index contributed by atoms with van der Waals surface area (Å²) in [6.07, 6.45) is 0. The second kappa shape index (κ2) is 4.41. The van der Waals surface area contributed by atoms with Crippen LogP contribution in [0.25, 0.3) is 0 Å². The molecule has 0 amide bonds. The standard InChI is InChI=1S/C15H14BrNO/c16-13-3-1-2-12(8-13)15(9-18-10-15)11-4-6-14(17)7-5-11/h1-8H,9-10,17H2. The van der Waals surface area contributed by atoms with Crippen LogP contribution in [0.2, 0.25) is 0 Å². The van der Waals surface area contributed by atoms with Gasteiger partial charge in [-0.15, -0.1) is 0 Å². The van der Waals surface area contributed by atoms with Crippen molar-refractivity contribution in [1.82, 2.24) is 0 Å². The monoisotopic (exact) mass is 303 g/mol. The Morgan fingerprint density at radius 1 is 1.00 bits per heavy atom. The Balaban J connectivity index is 2.07. The van der Waals surface area contributed by atoms with Gasteiger partial charge in [0.1, 0.15) is 0 Å². The molecule has 18 heavy (non-hydrogen) atoms.